The van der Waals surface area contributed by atoms with Gasteiger partial charge >= 0.3 is 0 Å². The van der Waals surface area contributed by atoms with E-state index in [0.29, 0.717) is 0 Å². The van der Waals surface area contributed by atoms with Crippen molar-refractivity contribution in [2.45, 2.75) is 6.92 Å². The molecular formula is C53H38N2. The number of rotatable bonds is 6. The molecule has 260 valence electrons. The average molecular weight is 703 g/mol. The number of hydrogen-bond donors (Lipinski definition) is 1. The topological polar surface area (TPSA) is 30.9 Å². The summed E-state index contributed by atoms with van der Waals surface area (Å²) in [6.45, 7) is 2.18. The summed E-state index contributed by atoms with van der Waals surface area (Å²) in [5.74, 6) is 0. The molecule has 0 atom stereocenters. The summed E-state index contributed by atoms with van der Waals surface area (Å²) in [5.41, 5.74) is 20.3. The highest BCUT2D eigenvalue weighted by Gasteiger charge is 2.18. The number of aromatic nitrogens is 1. The van der Waals surface area contributed by atoms with Crippen molar-refractivity contribution in [1.29, 1.82) is 0 Å². The third kappa shape index (κ3) is 5.50. The van der Waals surface area contributed by atoms with Crippen molar-refractivity contribution in [3.05, 3.63) is 206 Å². The summed E-state index contributed by atoms with van der Waals surface area (Å²) in [5, 5.41) is 8.79. The standard InChI is InChI=1S/C53H38N2/c1-35-49-34-42(29-30-51(49)55(50(35)31-32-54)44-13-3-2-4-14-44)39-21-19-37(20-22-39)38-23-26-40(27-24-38)52-45-15-7-9-17-47(45)53(48-18-10-8-16-46(48)52)43-28-25-36-11-5-6-12-41(36)33-43/h2-34H,54H2,1H3/b32-31-. The maximum absolute atomic E-state index is 5.91. The van der Waals surface area contributed by atoms with E-state index in [1.807, 2.05) is 12.1 Å². The first-order valence-corrected chi connectivity index (χ1v) is 18.9. The van der Waals surface area contributed by atoms with Gasteiger partial charge < -0.3 is 10.3 Å². The van der Waals surface area contributed by atoms with Gasteiger partial charge in [-0.2, -0.15) is 0 Å². The number of benzene rings is 9. The van der Waals surface area contributed by atoms with Crippen LogP contribution in [0.3, 0.4) is 0 Å². The number of para-hydroxylation sites is 1. The monoisotopic (exact) mass is 702 g/mol. The first kappa shape index (κ1) is 32.5. The van der Waals surface area contributed by atoms with Crippen LogP contribution in [0.2, 0.25) is 0 Å². The number of aryl methyl sites for hydroxylation is 1. The van der Waals surface area contributed by atoms with Crippen LogP contribution < -0.4 is 5.73 Å². The first-order chi connectivity index (χ1) is 27.2. The molecule has 0 unspecified atom stereocenters. The highest BCUT2D eigenvalue weighted by Crippen LogP contribution is 2.44. The van der Waals surface area contributed by atoms with Crippen LogP contribution in [0.4, 0.5) is 0 Å². The highest BCUT2D eigenvalue weighted by atomic mass is 15.0. The molecule has 0 aliphatic carbocycles. The van der Waals surface area contributed by atoms with Gasteiger partial charge in [0.2, 0.25) is 0 Å². The van der Waals surface area contributed by atoms with Crippen LogP contribution in [0, 0.1) is 6.92 Å². The maximum atomic E-state index is 5.91. The molecule has 10 rings (SSSR count). The van der Waals surface area contributed by atoms with Crippen LogP contribution in [0.1, 0.15) is 11.3 Å². The average Bonchev–Trinajstić information content (AvgIpc) is 3.53. The molecule has 9 aromatic carbocycles. The minimum absolute atomic E-state index is 1.10. The van der Waals surface area contributed by atoms with E-state index < -0.39 is 0 Å². The van der Waals surface area contributed by atoms with Gasteiger partial charge in [0, 0.05) is 11.1 Å². The summed E-state index contributed by atoms with van der Waals surface area (Å²) >= 11 is 0. The molecule has 1 aromatic heterocycles. The van der Waals surface area contributed by atoms with E-state index in [0.717, 1.165) is 11.4 Å². The van der Waals surface area contributed by atoms with Gasteiger partial charge in [0.05, 0.1) is 11.2 Å². The van der Waals surface area contributed by atoms with Crippen molar-refractivity contribution in [1.82, 2.24) is 4.57 Å². The fraction of sp³-hybridized carbons (Fsp3) is 0.0189. The second-order valence-corrected chi connectivity index (χ2v) is 14.3. The molecule has 0 fully saturated rings. The fourth-order valence-electron chi connectivity index (χ4n) is 8.57. The van der Waals surface area contributed by atoms with E-state index in [9.17, 15) is 0 Å². The molecule has 0 bridgehead atoms. The Balaban J connectivity index is 1.01. The zero-order valence-corrected chi connectivity index (χ0v) is 30.6. The fourth-order valence-corrected chi connectivity index (χ4v) is 8.57. The van der Waals surface area contributed by atoms with Crippen LogP contribution in [0.5, 0.6) is 0 Å². The Bertz CT molecular complexity index is 3020. The number of hydrogen-bond acceptors (Lipinski definition) is 1. The van der Waals surface area contributed by atoms with Gasteiger partial charge in [0.15, 0.2) is 0 Å². The van der Waals surface area contributed by atoms with Crippen molar-refractivity contribution in [3.8, 4) is 50.2 Å². The van der Waals surface area contributed by atoms with Crippen molar-refractivity contribution < 1.29 is 0 Å². The molecule has 55 heavy (non-hydrogen) atoms. The SMILES string of the molecule is Cc1c(/C=C\N)n(-c2ccccc2)c2ccc(-c3ccc(-c4ccc(-c5c6ccccc6c(-c6ccc7ccccc7c6)c6ccccc56)cc4)cc3)cc12. The quantitative estimate of drug-likeness (QED) is 0.172. The summed E-state index contributed by atoms with van der Waals surface area (Å²) in [6, 6.07) is 68.5. The predicted octanol–water partition coefficient (Wildman–Crippen LogP) is 14.0. The molecule has 2 heteroatoms. The number of fused-ring (bicyclic) bond motifs is 4. The Kier molecular flexibility index (Phi) is 7.89. The van der Waals surface area contributed by atoms with Gasteiger partial charge in [-0.15, -0.1) is 0 Å². The van der Waals surface area contributed by atoms with Gasteiger partial charge in [-0.1, -0.05) is 158 Å². The van der Waals surface area contributed by atoms with E-state index in [1.165, 1.54) is 93.3 Å². The van der Waals surface area contributed by atoms with Gasteiger partial charge in [0.1, 0.15) is 0 Å². The minimum Gasteiger partial charge on any atom is -0.405 e. The van der Waals surface area contributed by atoms with E-state index in [-0.39, 0.29) is 0 Å². The lowest BCUT2D eigenvalue weighted by Crippen LogP contribution is -1.97. The van der Waals surface area contributed by atoms with Crippen molar-refractivity contribution in [3.63, 3.8) is 0 Å². The van der Waals surface area contributed by atoms with Crippen LogP contribution in [-0.4, -0.2) is 4.57 Å². The molecule has 0 amide bonds. The van der Waals surface area contributed by atoms with Gasteiger partial charge in [0.25, 0.3) is 0 Å². The van der Waals surface area contributed by atoms with Gasteiger partial charge in [-0.05, 0) is 132 Å². The lowest BCUT2D eigenvalue weighted by Gasteiger charge is -2.18. The van der Waals surface area contributed by atoms with Crippen molar-refractivity contribution in [2.24, 2.45) is 5.73 Å². The van der Waals surface area contributed by atoms with Crippen LogP contribution in [-0.2, 0) is 0 Å². The zero-order valence-electron chi connectivity index (χ0n) is 30.6. The Hall–Kier alpha value is -7.16. The summed E-state index contributed by atoms with van der Waals surface area (Å²) in [6.07, 6.45) is 3.62. The Morgan fingerprint density at radius 3 is 1.47 bits per heavy atom. The summed E-state index contributed by atoms with van der Waals surface area (Å²) in [4.78, 5) is 0. The molecule has 0 saturated carbocycles. The molecule has 2 nitrogen and oxygen atoms in total. The minimum atomic E-state index is 1.10. The first-order valence-electron chi connectivity index (χ1n) is 18.9. The van der Waals surface area contributed by atoms with Crippen LogP contribution >= 0.6 is 0 Å². The molecule has 0 aliphatic heterocycles. The summed E-state index contributed by atoms with van der Waals surface area (Å²) < 4.78 is 2.29. The lowest BCUT2D eigenvalue weighted by atomic mass is 9.85. The van der Waals surface area contributed by atoms with Crippen LogP contribution in [0.15, 0.2) is 194 Å². The molecular weight excluding hydrogens is 665 g/mol. The molecule has 0 saturated heterocycles. The molecule has 1 heterocycles. The van der Waals surface area contributed by atoms with Crippen molar-refractivity contribution >= 4 is 49.3 Å². The summed E-state index contributed by atoms with van der Waals surface area (Å²) in [7, 11) is 0. The zero-order chi connectivity index (χ0) is 36.9. The lowest BCUT2D eigenvalue weighted by molar-refractivity contribution is 1.10. The van der Waals surface area contributed by atoms with Gasteiger partial charge in [-0.3, -0.25) is 0 Å². The molecule has 10 aromatic rings. The normalized spacial score (nSPS) is 11.7. The Morgan fingerprint density at radius 1 is 0.400 bits per heavy atom. The maximum Gasteiger partial charge on any atom is 0.0538 e. The molecule has 0 aliphatic rings. The van der Waals surface area contributed by atoms with E-state index >= 15 is 0 Å². The van der Waals surface area contributed by atoms with E-state index in [2.05, 4.69) is 193 Å². The van der Waals surface area contributed by atoms with E-state index in [1.54, 1.807) is 6.20 Å². The van der Waals surface area contributed by atoms with Crippen molar-refractivity contribution in [2.75, 3.05) is 0 Å². The second-order valence-electron chi connectivity index (χ2n) is 14.3. The largest absolute Gasteiger partial charge is 0.405 e. The third-order valence-electron chi connectivity index (χ3n) is 11.2. The molecule has 0 radical (unpaired) electrons. The Labute approximate surface area is 321 Å². The number of nitrogens with two attached hydrogens (primary N) is 1. The van der Waals surface area contributed by atoms with Gasteiger partial charge in [-0.25, -0.2) is 0 Å². The second kappa shape index (κ2) is 13.4. The number of nitrogens with zero attached hydrogens (tertiary/aromatic N) is 1. The third-order valence-corrected chi connectivity index (χ3v) is 11.2. The smallest absolute Gasteiger partial charge is 0.0538 e. The highest BCUT2D eigenvalue weighted by molar-refractivity contribution is 6.21. The molecule has 0 spiro atoms. The predicted molar refractivity (Wildman–Crippen MR) is 235 cm³/mol. The Morgan fingerprint density at radius 2 is 0.873 bits per heavy atom. The van der Waals surface area contributed by atoms with E-state index in [4.69, 9.17) is 5.73 Å². The molecule has 2 N–H and O–H groups in total. The van der Waals surface area contributed by atoms with Crippen LogP contribution in [0.25, 0.3) is 99.5 Å².